The Morgan fingerprint density at radius 1 is 1.73 bits per heavy atom. The molecule has 0 saturated carbocycles. The maximum absolute atomic E-state index is 11.3. The lowest BCUT2D eigenvalue weighted by atomic mass is 10.1. The van der Waals surface area contributed by atoms with Crippen LogP contribution in [0.15, 0.2) is 0 Å². The molecule has 1 saturated heterocycles. The minimum absolute atomic E-state index is 0.0791. The molecule has 1 fully saturated rings. The van der Waals surface area contributed by atoms with Gasteiger partial charge in [0, 0.05) is 12.6 Å². The zero-order valence-corrected chi connectivity index (χ0v) is 9.12. The van der Waals surface area contributed by atoms with E-state index in [1.807, 2.05) is 18.0 Å². The number of carbonyl (C=O) groups is 1. The largest absolute Gasteiger partial charge is 0.342 e. The summed E-state index contributed by atoms with van der Waals surface area (Å²) >= 11 is 0. The number of piperidine rings is 1. The molecule has 0 spiro atoms. The standard InChI is InChI=1S/C10H18N4O/c1-14(8-10(15)13-6-4-11)9-3-2-5-12-7-9/h9,12H,2-3,5-8H2,1H3,(H,13,15). The van der Waals surface area contributed by atoms with Crippen LogP contribution in [0.25, 0.3) is 0 Å². The van der Waals surface area contributed by atoms with Crippen LogP contribution >= 0.6 is 0 Å². The summed E-state index contributed by atoms with van der Waals surface area (Å²) in [6, 6.07) is 2.33. The van der Waals surface area contributed by atoms with Crippen LogP contribution in [-0.4, -0.2) is 50.1 Å². The van der Waals surface area contributed by atoms with Crippen LogP contribution in [0.1, 0.15) is 12.8 Å². The third-order valence-electron chi connectivity index (χ3n) is 2.65. The summed E-state index contributed by atoms with van der Waals surface area (Å²) < 4.78 is 0. The Morgan fingerprint density at radius 3 is 3.13 bits per heavy atom. The Hall–Kier alpha value is -1.12. The van der Waals surface area contributed by atoms with Gasteiger partial charge in [0.15, 0.2) is 0 Å². The lowest BCUT2D eigenvalue weighted by Crippen LogP contribution is -2.47. The fraction of sp³-hybridized carbons (Fsp3) is 0.800. The second-order valence-corrected chi connectivity index (χ2v) is 3.85. The summed E-state index contributed by atoms with van der Waals surface area (Å²) in [6.45, 7) is 2.48. The maximum atomic E-state index is 11.3. The van der Waals surface area contributed by atoms with Crippen LogP contribution in [0, 0.1) is 11.3 Å². The van der Waals surface area contributed by atoms with Crippen LogP contribution in [-0.2, 0) is 4.79 Å². The van der Waals surface area contributed by atoms with Gasteiger partial charge in [-0.15, -0.1) is 0 Å². The number of rotatable bonds is 4. The summed E-state index contributed by atoms with van der Waals surface area (Å²) in [4.78, 5) is 13.4. The number of nitrogens with one attached hydrogen (secondary N) is 2. The minimum Gasteiger partial charge on any atom is -0.342 e. The molecule has 0 radical (unpaired) electrons. The van der Waals surface area contributed by atoms with Gasteiger partial charge in [0.05, 0.1) is 12.6 Å². The second-order valence-electron chi connectivity index (χ2n) is 3.85. The van der Waals surface area contributed by atoms with Crippen molar-refractivity contribution in [3.63, 3.8) is 0 Å². The van der Waals surface area contributed by atoms with Gasteiger partial charge in [-0.1, -0.05) is 0 Å². The van der Waals surface area contributed by atoms with E-state index in [1.54, 1.807) is 0 Å². The van der Waals surface area contributed by atoms with Crippen LogP contribution in [0.3, 0.4) is 0 Å². The molecule has 0 bridgehead atoms. The van der Waals surface area contributed by atoms with Gasteiger partial charge in [-0.25, -0.2) is 0 Å². The van der Waals surface area contributed by atoms with Crippen LogP contribution in [0.2, 0.25) is 0 Å². The quantitative estimate of drug-likeness (QED) is 0.603. The van der Waals surface area contributed by atoms with E-state index in [0.717, 1.165) is 25.9 Å². The van der Waals surface area contributed by atoms with Gasteiger partial charge in [0.1, 0.15) is 6.54 Å². The molecule has 15 heavy (non-hydrogen) atoms. The summed E-state index contributed by atoms with van der Waals surface area (Å²) in [6.07, 6.45) is 2.30. The predicted molar refractivity (Wildman–Crippen MR) is 57.1 cm³/mol. The second kappa shape index (κ2) is 6.38. The van der Waals surface area contributed by atoms with Gasteiger partial charge >= 0.3 is 0 Å². The number of nitrogens with zero attached hydrogens (tertiary/aromatic N) is 2. The molecule has 84 valence electrons. The predicted octanol–water partition coefficient (Wildman–Crippen LogP) is -0.690. The molecule has 1 aliphatic rings. The zero-order chi connectivity index (χ0) is 11.1. The average Bonchev–Trinajstić information content (AvgIpc) is 2.27. The molecule has 0 aromatic heterocycles. The molecule has 1 unspecified atom stereocenters. The Labute approximate surface area is 90.4 Å². The number of nitriles is 1. The van der Waals surface area contributed by atoms with E-state index in [2.05, 4.69) is 10.6 Å². The van der Waals surface area contributed by atoms with Gasteiger partial charge in [-0.2, -0.15) is 5.26 Å². The van der Waals surface area contributed by atoms with Crippen LogP contribution in [0.4, 0.5) is 0 Å². The minimum atomic E-state index is -0.0791. The van der Waals surface area contributed by atoms with Crippen molar-refractivity contribution in [2.75, 3.05) is 33.2 Å². The first kappa shape index (κ1) is 12.0. The highest BCUT2D eigenvalue weighted by Crippen LogP contribution is 2.07. The number of hydrogen-bond donors (Lipinski definition) is 2. The first-order valence-electron chi connectivity index (χ1n) is 5.28. The Kier molecular flexibility index (Phi) is 5.08. The van der Waals surface area contributed by atoms with Crippen LogP contribution < -0.4 is 10.6 Å². The third-order valence-corrected chi connectivity index (χ3v) is 2.65. The third kappa shape index (κ3) is 4.28. The molecule has 5 nitrogen and oxygen atoms in total. The van der Waals surface area contributed by atoms with Crippen molar-refractivity contribution >= 4 is 5.91 Å². The van der Waals surface area contributed by atoms with Crippen molar-refractivity contribution in [1.82, 2.24) is 15.5 Å². The Balaban J connectivity index is 2.24. The fourth-order valence-electron chi connectivity index (χ4n) is 1.76. The molecule has 1 heterocycles. The number of amides is 1. The molecule has 1 rings (SSSR count). The van der Waals surface area contributed by atoms with Gasteiger partial charge < -0.3 is 10.6 Å². The van der Waals surface area contributed by atoms with Crippen LogP contribution in [0.5, 0.6) is 0 Å². The molecule has 0 aliphatic carbocycles. The highest BCUT2D eigenvalue weighted by molar-refractivity contribution is 5.78. The first-order valence-corrected chi connectivity index (χ1v) is 5.28. The summed E-state index contributed by atoms with van der Waals surface area (Å²) in [5, 5.41) is 14.2. The van der Waals surface area contributed by atoms with E-state index >= 15 is 0 Å². The molecule has 0 aromatic carbocycles. The average molecular weight is 210 g/mol. The van der Waals surface area contributed by atoms with Gasteiger partial charge in [-0.3, -0.25) is 9.69 Å². The summed E-state index contributed by atoms with van der Waals surface area (Å²) in [5.74, 6) is -0.0791. The fourth-order valence-corrected chi connectivity index (χ4v) is 1.76. The molecular formula is C10H18N4O. The van der Waals surface area contributed by atoms with Crippen molar-refractivity contribution in [3.05, 3.63) is 0 Å². The van der Waals surface area contributed by atoms with Crippen molar-refractivity contribution in [2.45, 2.75) is 18.9 Å². The number of carbonyl (C=O) groups excluding carboxylic acids is 1. The van der Waals surface area contributed by atoms with Gasteiger partial charge in [-0.05, 0) is 26.4 Å². The topological polar surface area (TPSA) is 68.2 Å². The summed E-state index contributed by atoms with van der Waals surface area (Å²) in [7, 11) is 1.95. The Morgan fingerprint density at radius 2 is 2.53 bits per heavy atom. The van der Waals surface area contributed by atoms with E-state index in [9.17, 15) is 4.79 Å². The van der Waals surface area contributed by atoms with Crippen molar-refractivity contribution < 1.29 is 4.79 Å². The monoisotopic (exact) mass is 210 g/mol. The molecule has 1 atom stereocenters. The molecule has 1 aliphatic heterocycles. The summed E-state index contributed by atoms with van der Waals surface area (Å²) in [5.41, 5.74) is 0. The first-order chi connectivity index (χ1) is 7.24. The van der Waals surface area contributed by atoms with Crippen molar-refractivity contribution in [3.8, 4) is 6.07 Å². The normalized spacial score (nSPS) is 21.0. The van der Waals surface area contributed by atoms with Crippen molar-refractivity contribution in [1.29, 1.82) is 5.26 Å². The van der Waals surface area contributed by atoms with Gasteiger partial charge in [0.2, 0.25) is 5.91 Å². The smallest absolute Gasteiger partial charge is 0.235 e. The molecular weight excluding hydrogens is 192 g/mol. The number of hydrogen-bond acceptors (Lipinski definition) is 4. The highest BCUT2D eigenvalue weighted by Gasteiger charge is 2.19. The van der Waals surface area contributed by atoms with Crippen molar-refractivity contribution in [2.24, 2.45) is 0 Å². The lowest BCUT2D eigenvalue weighted by molar-refractivity contribution is -0.122. The molecule has 0 aromatic rings. The van der Waals surface area contributed by atoms with E-state index < -0.39 is 0 Å². The Bertz CT molecular complexity index is 242. The van der Waals surface area contributed by atoms with E-state index in [4.69, 9.17) is 5.26 Å². The SMILES string of the molecule is CN(CC(=O)NCC#N)C1CCCNC1. The zero-order valence-electron chi connectivity index (χ0n) is 9.12. The van der Waals surface area contributed by atoms with Gasteiger partial charge in [0.25, 0.3) is 0 Å². The maximum Gasteiger partial charge on any atom is 0.235 e. The molecule has 2 N–H and O–H groups in total. The van der Waals surface area contributed by atoms with E-state index in [1.165, 1.54) is 0 Å². The molecule has 5 heteroatoms. The lowest BCUT2D eigenvalue weighted by Gasteiger charge is -2.31. The molecule has 1 amide bonds. The number of likely N-dealkylation sites (N-methyl/N-ethyl adjacent to an activating group) is 1. The van der Waals surface area contributed by atoms with E-state index in [-0.39, 0.29) is 12.5 Å². The van der Waals surface area contributed by atoms with E-state index in [0.29, 0.717) is 12.6 Å². The highest BCUT2D eigenvalue weighted by atomic mass is 16.2.